The van der Waals surface area contributed by atoms with Crippen LogP contribution in [0, 0.1) is 11.6 Å². The quantitative estimate of drug-likeness (QED) is 0.248. The van der Waals surface area contributed by atoms with Crippen molar-refractivity contribution in [3.63, 3.8) is 0 Å². The molecule has 1 N–H and O–H groups in total. The monoisotopic (exact) mass is 641 g/mol. The number of ether oxygens (including phenoxy) is 1. The fourth-order valence-corrected chi connectivity index (χ4v) is 6.79. The number of rotatable bonds is 9. The van der Waals surface area contributed by atoms with Crippen LogP contribution in [-0.2, 0) is 17.8 Å². The Hall–Kier alpha value is -3.63. The highest BCUT2D eigenvalue weighted by atomic mass is 19.3. The molecule has 2 heterocycles. The van der Waals surface area contributed by atoms with Crippen LogP contribution in [0.25, 0.3) is 0 Å². The molecule has 0 amide bonds. The number of carboxylic acid groups (broad SMARTS) is 1. The van der Waals surface area contributed by atoms with Crippen molar-refractivity contribution in [2.24, 2.45) is 0 Å². The van der Waals surface area contributed by atoms with Crippen LogP contribution in [0.1, 0.15) is 67.3 Å². The first kappa shape index (κ1) is 33.7. The number of benzene rings is 3. The van der Waals surface area contributed by atoms with Gasteiger partial charge in [-0.05, 0) is 93.1 Å². The molecular formula is C36H43F4N3O3. The van der Waals surface area contributed by atoms with Gasteiger partial charge >= 0.3 is 5.97 Å². The molecule has 10 heteroatoms. The molecule has 0 aliphatic carbocycles. The highest BCUT2D eigenvalue weighted by Crippen LogP contribution is 2.42. The summed E-state index contributed by atoms with van der Waals surface area (Å²) < 4.78 is 66.0. The molecule has 3 aromatic rings. The van der Waals surface area contributed by atoms with Crippen LogP contribution in [0.15, 0.2) is 60.7 Å². The van der Waals surface area contributed by atoms with Crippen molar-refractivity contribution in [3.05, 3.63) is 94.6 Å². The molecule has 0 spiro atoms. The van der Waals surface area contributed by atoms with Crippen molar-refractivity contribution in [1.82, 2.24) is 9.80 Å². The van der Waals surface area contributed by atoms with Crippen LogP contribution >= 0.6 is 0 Å². The number of halogens is 4. The Balaban J connectivity index is 1.41. The second-order valence-corrected chi connectivity index (χ2v) is 12.4. The van der Waals surface area contributed by atoms with Crippen molar-refractivity contribution in [1.29, 1.82) is 0 Å². The molecular weight excluding hydrogens is 598 g/mol. The van der Waals surface area contributed by atoms with Crippen LogP contribution < -0.4 is 9.64 Å². The number of carbonyl (C=O) groups is 1. The number of fused-ring (bicyclic) bond motifs is 1. The van der Waals surface area contributed by atoms with Gasteiger partial charge in [0.2, 0.25) is 0 Å². The first-order chi connectivity index (χ1) is 22.2. The average Bonchev–Trinajstić information content (AvgIpc) is 3.06. The lowest BCUT2D eigenvalue weighted by Crippen LogP contribution is -2.45. The largest absolute Gasteiger partial charge is 0.489 e. The maximum atomic E-state index is 16.2. The summed E-state index contributed by atoms with van der Waals surface area (Å²) in [6.45, 7) is 4.12. The molecule has 0 radical (unpaired) electrons. The third kappa shape index (κ3) is 8.59. The minimum absolute atomic E-state index is 0.00904. The maximum Gasteiger partial charge on any atom is 0.317 e. The third-order valence-corrected chi connectivity index (χ3v) is 9.04. The molecule has 0 bridgehead atoms. The minimum atomic E-state index is -2.67. The Morgan fingerprint density at radius 3 is 2.24 bits per heavy atom. The number of alkyl halides is 2. The number of aliphatic carboxylic acids is 1. The number of hydrogen-bond acceptors (Lipinski definition) is 5. The summed E-state index contributed by atoms with van der Waals surface area (Å²) in [6.07, 6.45) is 1.80. The zero-order valence-electron chi connectivity index (χ0n) is 26.3. The Bertz CT molecular complexity index is 1430. The Kier molecular flexibility index (Phi) is 11.6. The van der Waals surface area contributed by atoms with Crippen molar-refractivity contribution in [3.8, 4) is 5.75 Å². The zero-order valence-corrected chi connectivity index (χ0v) is 26.3. The summed E-state index contributed by atoms with van der Waals surface area (Å²) >= 11 is 0. The van der Waals surface area contributed by atoms with Gasteiger partial charge in [-0.3, -0.25) is 14.6 Å². The zero-order chi connectivity index (χ0) is 32.6. The Morgan fingerprint density at radius 1 is 0.913 bits per heavy atom. The van der Waals surface area contributed by atoms with E-state index in [1.807, 2.05) is 53.1 Å². The number of hydrogen-bond donors (Lipinski definition) is 1. The second-order valence-electron chi connectivity index (χ2n) is 12.4. The van der Waals surface area contributed by atoms with Crippen LogP contribution in [-0.4, -0.2) is 72.6 Å². The molecule has 2 aliphatic heterocycles. The molecule has 2 atom stereocenters. The van der Waals surface area contributed by atoms with E-state index in [0.29, 0.717) is 56.2 Å². The first-order valence-corrected chi connectivity index (χ1v) is 16.2. The van der Waals surface area contributed by atoms with E-state index in [4.69, 9.17) is 4.74 Å². The Labute approximate surface area is 268 Å². The summed E-state index contributed by atoms with van der Waals surface area (Å²) in [5.74, 6) is -1.75. The van der Waals surface area contributed by atoms with Gasteiger partial charge < -0.3 is 14.7 Å². The van der Waals surface area contributed by atoms with Gasteiger partial charge in [0.15, 0.2) is 0 Å². The van der Waals surface area contributed by atoms with E-state index in [1.54, 1.807) is 12.1 Å². The van der Waals surface area contributed by atoms with Gasteiger partial charge in [-0.2, -0.15) is 0 Å². The van der Waals surface area contributed by atoms with E-state index in [2.05, 4.69) is 0 Å². The van der Waals surface area contributed by atoms with Gasteiger partial charge in [-0.1, -0.05) is 42.8 Å². The third-order valence-electron chi connectivity index (χ3n) is 9.04. The minimum Gasteiger partial charge on any atom is -0.489 e. The number of nitrogens with zero attached hydrogens (tertiary/aromatic N) is 3. The van der Waals surface area contributed by atoms with Gasteiger partial charge in [0.1, 0.15) is 24.0 Å². The molecule has 0 saturated carbocycles. The van der Waals surface area contributed by atoms with E-state index in [-0.39, 0.29) is 18.2 Å². The van der Waals surface area contributed by atoms with Crippen LogP contribution in [0.3, 0.4) is 0 Å². The van der Waals surface area contributed by atoms with Gasteiger partial charge in [0.05, 0.1) is 19.1 Å². The number of anilines is 1. The van der Waals surface area contributed by atoms with Gasteiger partial charge in [-0.25, -0.2) is 17.6 Å². The molecule has 6 nitrogen and oxygen atoms in total. The molecule has 0 aromatic heterocycles. The van der Waals surface area contributed by atoms with Gasteiger partial charge in [0, 0.05) is 30.4 Å². The molecule has 1 saturated heterocycles. The van der Waals surface area contributed by atoms with E-state index < -0.39 is 36.6 Å². The molecule has 5 rings (SSSR count). The Morgan fingerprint density at radius 2 is 1.57 bits per heavy atom. The van der Waals surface area contributed by atoms with Crippen LogP contribution in [0.4, 0.5) is 23.2 Å². The van der Waals surface area contributed by atoms with Crippen molar-refractivity contribution < 1.29 is 32.2 Å². The van der Waals surface area contributed by atoms with Gasteiger partial charge in [0.25, 0.3) is 6.43 Å². The van der Waals surface area contributed by atoms with E-state index in [9.17, 15) is 18.7 Å². The lowest BCUT2D eigenvalue weighted by molar-refractivity contribution is -0.138. The number of carboxylic acids is 1. The smallest absolute Gasteiger partial charge is 0.317 e. The summed E-state index contributed by atoms with van der Waals surface area (Å²) in [7, 11) is 0. The van der Waals surface area contributed by atoms with Crippen molar-refractivity contribution >= 4 is 11.7 Å². The SMILES string of the molecule is C[C@@H]1Cc2cc(OCc3ccccc3)ccc2C(c2c(F)cc(N3CCCCCN(CC(=O)O)CCCC3)cc2F)N1CC(F)F. The topological polar surface area (TPSA) is 56.3 Å². The summed E-state index contributed by atoms with van der Waals surface area (Å²) in [5, 5.41) is 9.20. The fraction of sp³-hybridized carbons (Fsp3) is 0.472. The molecule has 3 aromatic carbocycles. The second kappa shape index (κ2) is 15.8. The lowest BCUT2D eigenvalue weighted by atomic mass is 9.84. The van der Waals surface area contributed by atoms with Crippen molar-refractivity contribution in [2.75, 3.05) is 44.2 Å². The predicted molar refractivity (Wildman–Crippen MR) is 171 cm³/mol. The molecule has 1 fully saturated rings. The summed E-state index contributed by atoms with van der Waals surface area (Å²) in [5.41, 5.74) is 2.62. The maximum absolute atomic E-state index is 16.2. The summed E-state index contributed by atoms with van der Waals surface area (Å²) in [4.78, 5) is 16.6. The normalized spacial score (nSPS) is 20.3. The van der Waals surface area contributed by atoms with Crippen LogP contribution in [0.5, 0.6) is 5.75 Å². The molecule has 46 heavy (non-hydrogen) atoms. The predicted octanol–water partition coefficient (Wildman–Crippen LogP) is 7.30. The van der Waals surface area contributed by atoms with Crippen LogP contribution in [0.2, 0.25) is 0 Å². The van der Waals surface area contributed by atoms with E-state index >= 15 is 8.78 Å². The van der Waals surface area contributed by atoms with E-state index in [1.165, 1.54) is 17.0 Å². The standard InChI is InChI=1S/C36H43F4N3O3/c1-25-18-27-19-29(46-24-26-10-4-2-5-11-26)12-13-30(27)36(43(25)22-33(39)40)35-31(37)20-28(21-32(35)38)42-16-7-3-6-14-41(23-34(44)45)15-8-9-17-42/h2,4-5,10-13,19-21,25,33,36H,3,6-9,14-18,22-24H2,1H3,(H,44,45)/t25-,36?/m1/s1. The highest BCUT2D eigenvalue weighted by molar-refractivity contribution is 5.69. The molecule has 1 unspecified atom stereocenters. The average molecular weight is 642 g/mol. The molecule has 248 valence electrons. The molecule has 2 aliphatic rings. The first-order valence-electron chi connectivity index (χ1n) is 16.2. The highest BCUT2D eigenvalue weighted by Gasteiger charge is 2.38. The summed E-state index contributed by atoms with van der Waals surface area (Å²) in [6, 6.07) is 16.3. The lowest BCUT2D eigenvalue weighted by Gasteiger charge is -2.42. The van der Waals surface area contributed by atoms with E-state index in [0.717, 1.165) is 43.2 Å². The fourth-order valence-electron chi connectivity index (χ4n) is 6.79. The van der Waals surface area contributed by atoms with Gasteiger partial charge in [-0.15, -0.1) is 0 Å². The van der Waals surface area contributed by atoms with Crippen molar-refractivity contribution in [2.45, 2.75) is 70.6 Å².